The largest absolute Gasteiger partial charge is 0.493 e. The second-order valence-corrected chi connectivity index (χ2v) is 4.43. The summed E-state index contributed by atoms with van der Waals surface area (Å²) >= 11 is 0. The maximum absolute atomic E-state index is 9.00. The van der Waals surface area contributed by atoms with E-state index in [0.717, 1.165) is 17.7 Å². The van der Waals surface area contributed by atoms with Gasteiger partial charge in [-0.3, -0.25) is 0 Å². The molecular formula is C12H19BO3. The maximum atomic E-state index is 9.00. The zero-order valence-corrected chi connectivity index (χ0v) is 10.1. The van der Waals surface area contributed by atoms with Gasteiger partial charge in [0.15, 0.2) is 0 Å². The lowest BCUT2D eigenvalue weighted by Crippen LogP contribution is -2.29. The van der Waals surface area contributed by atoms with E-state index in [1.807, 2.05) is 6.92 Å². The molecule has 0 unspecified atom stereocenters. The van der Waals surface area contributed by atoms with Crippen molar-refractivity contribution in [2.45, 2.75) is 27.2 Å². The van der Waals surface area contributed by atoms with Crippen molar-refractivity contribution in [3.63, 3.8) is 0 Å². The average molecular weight is 222 g/mol. The van der Waals surface area contributed by atoms with E-state index in [1.165, 1.54) is 0 Å². The van der Waals surface area contributed by atoms with E-state index in [2.05, 4.69) is 13.8 Å². The summed E-state index contributed by atoms with van der Waals surface area (Å²) in [6, 6.07) is 5.18. The van der Waals surface area contributed by atoms with Gasteiger partial charge in [-0.05, 0) is 36.4 Å². The number of rotatable bonds is 5. The summed E-state index contributed by atoms with van der Waals surface area (Å²) in [5, 5.41) is 18.0. The van der Waals surface area contributed by atoms with Gasteiger partial charge in [0.05, 0.1) is 6.61 Å². The molecule has 0 aliphatic carbocycles. The number of aryl methyl sites for hydroxylation is 1. The predicted molar refractivity (Wildman–Crippen MR) is 66.0 cm³/mol. The minimum absolute atomic E-state index is 0.494. The highest BCUT2D eigenvalue weighted by Crippen LogP contribution is 2.16. The van der Waals surface area contributed by atoms with Crippen molar-refractivity contribution >= 4 is 12.6 Å². The summed E-state index contributed by atoms with van der Waals surface area (Å²) in [7, 11) is -1.41. The highest BCUT2D eigenvalue weighted by molar-refractivity contribution is 6.58. The van der Waals surface area contributed by atoms with Gasteiger partial charge < -0.3 is 14.8 Å². The van der Waals surface area contributed by atoms with Crippen molar-refractivity contribution in [1.29, 1.82) is 0 Å². The zero-order valence-electron chi connectivity index (χ0n) is 10.1. The third-order valence-corrected chi connectivity index (χ3v) is 2.45. The first-order chi connectivity index (χ1) is 7.50. The molecular weight excluding hydrogens is 203 g/mol. The molecule has 0 saturated carbocycles. The van der Waals surface area contributed by atoms with Crippen LogP contribution < -0.4 is 10.2 Å². The molecule has 0 bridgehead atoms. The van der Waals surface area contributed by atoms with Crippen molar-refractivity contribution in [3.05, 3.63) is 23.8 Å². The second-order valence-electron chi connectivity index (χ2n) is 4.43. The van der Waals surface area contributed by atoms with Gasteiger partial charge in [-0.2, -0.15) is 0 Å². The fourth-order valence-electron chi connectivity index (χ4n) is 1.40. The van der Waals surface area contributed by atoms with Crippen LogP contribution in [0.25, 0.3) is 0 Å². The number of benzene rings is 1. The van der Waals surface area contributed by atoms with Gasteiger partial charge in [0.1, 0.15) is 5.75 Å². The third kappa shape index (κ3) is 3.87. The van der Waals surface area contributed by atoms with Crippen LogP contribution in [0.4, 0.5) is 0 Å². The summed E-state index contributed by atoms with van der Waals surface area (Å²) in [4.78, 5) is 0. The summed E-state index contributed by atoms with van der Waals surface area (Å²) in [5.74, 6) is 1.43. The lowest BCUT2D eigenvalue weighted by Gasteiger charge is -2.11. The Hall–Kier alpha value is -0.995. The van der Waals surface area contributed by atoms with Crippen LogP contribution in [-0.2, 0) is 0 Å². The molecule has 0 amide bonds. The Bertz CT molecular complexity index is 337. The normalized spacial score (nSPS) is 10.6. The molecule has 0 fully saturated rings. The first-order valence-corrected chi connectivity index (χ1v) is 5.60. The SMILES string of the molecule is Cc1cc(B(O)O)ccc1OCCC(C)C. The first-order valence-electron chi connectivity index (χ1n) is 5.60. The van der Waals surface area contributed by atoms with Crippen LogP contribution in [0.3, 0.4) is 0 Å². The molecule has 1 aromatic rings. The molecule has 0 spiro atoms. The standard InChI is InChI=1S/C12H19BO3/c1-9(2)6-7-16-12-5-4-11(13(14)15)8-10(12)3/h4-5,8-9,14-15H,6-7H2,1-3H3. The van der Waals surface area contributed by atoms with Gasteiger partial charge >= 0.3 is 7.12 Å². The Morgan fingerprint density at radius 1 is 1.31 bits per heavy atom. The number of ether oxygens (including phenoxy) is 1. The van der Waals surface area contributed by atoms with Gasteiger partial charge in [0.25, 0.3) is 0 Å². The van der Waals surface area contributed by atoms with Gasteiger partial charge in [0, 0.05) is 0 Å². The van der Waals surface area contributed by atoms with Crippen LogP contribution >= 0.6 is 0 Å². The molecule has 3 nitrogen and oxygen atoms in total. The minimum Gasteiger partial charge on any atom is -0.493 e. The lowest BCUT2D eigenvalue weighted by molar-refractivity contribution is 0.288. The van der Waals surface area contributed by atoms with Crippen molar-refractivity contribution in [1.82, 2.24) is 0 Å². The molecule has 0 aliphatic heterocycles. The van der Waals surface area contributed by atoms with Gasteiger partial charge in [-0.15, -0.1) is 0 Å². The molecule has 0 heterocycles. The fraction of sp³-hybridized carbons (Fsp3) is 0.500. The quantitative estimate of drug-likeness (QED) is 0.733. The molecule has 0 radical (unpaired) electrons. The Labute approximate surface area is 97.2 Å². The summed E-state index contributed by atoms with van der Waals surface area (Å²) in [6.07, 6.45) is 1.02. The van der Waals surface area contributed by atoms with E-state index in [4.69, 9.17) is 14.8 Å². The molecule has 0 atom stereocenters. The topological polar surface area (TPSA) is 49.7 Å². The summed E-state index contributed by atoms with van der Waals surface area (Å²) in [6.45, 7) is 6.90. The fourth-order valence-corrected chi connectivity index (χ4v) is 1.40. The van der Waals surface area contributed by atoms with E-state index >= 15 is 0 Å². The molecule has 0 aromatic heterocycles. The molecule has 4 heteroatoms. The van der Waals surface area contributed by atoms with Crippen molar-refractivity contribution in [2.75, 3.05) is 6.61 Å². The Morgan fingerprint density at radius 3 is 2.50 bits per heavy atom. The van der Waals surface area contributed by atoms with Crippen molar-refractivity contribution in [2.24, 2.45) is 5.92 Å². The molecule has 0 saturated heterocycles. The minimum atomic E-state index is -1.41. The third-order valence-electron chi connectivity index (χ3n) is 2.45. The monoisotopic (exact) mass is 222 g/mol. The van der Waals surface area contributed by atoms with Gasteiger partial charge in [-0.25, -0.2) is 0 Å². The summed E-state index contributed by atoms with van der Waals surface area (Å²) in [5.41, 5.74) is 1.42. The highest BCUT2D eigenvalue weighted by Gasteiger charge is 2.12. The Morgan fingerprint density at radius 2 is 2.00 bits per heavy atom. The predicted octanol–water partition coefficient (Wildman–Crippen LogP) is 1.10. The molecule has 88 valence electrons. The second kappa shape index (κ2) is 5.92. The van der Waals surface area contributed by atoms with Crippen LogP contribution in [-0.4, -0.2) is 23.8 Å². The van der Waals surface area contributed by atoms with Crippen LogP contribution in [0.5, 0.6) is 5.75 Å². The number of hydrogen-bond acceptors (Lipinski definition) is 3. The average Bonchev–Trinajstić information content (AvgIpc) is 2.19. The van der Waals surface area contributed by atoms with E-state index < -0.39 is 7.12 Å². The number of hydrogen-bond donors (Lipinski definition) is 2. The highest BCUT2D eigenvalue weighted by atomic mass is 16.5. The van der Waals surface area contributed by atoms with E-state index in [1.54, 1.807) is 18.2 Å². The molecule has 1 aromatic carbocycles. The van der Waals surface area contributed by atoms with E-state index in [-0.39, 0.29) is 0 Å². The van der Waals surface area contributed by atoms with Gasteiger partial charge in [-0.1, -0.05) is 26.0 Å². The van der Waals surface area contributed by atoms with Crippen LogP contribution in [0.15, 0.2) is 18.2 Å². The molecule has 16 heavy (non-hydrogen) atoms. The zero-order chi connectivity index (χ0) is 12.1. The summed E-state index contributed by atoms with van der Waals surface area (Å²) < 4.78 is 5.62. The molecule has 1 rings (SSSR count). The Balaban J connectivity index is 2.61. The lowest BCUT2D eigenvalue weighted by atomic mass is 9.79. The smallest absolute Gasteiger partial charge is 0.488 e. The maximum Gasteiger partial charge on any atom is 0.488 e. The van der Waals surface area contributed by atoms with Crippen molar-refractivity contribution in [3.8, 4) is 5.75 Å². The molecule has 2 N–H and O–H groups in total. The van der Waals surface area contributed by atoms with E-state index in [0.29, 0.717) is 18.0 Å². The van der Waals surface area contributed by atoms with Crippen molar-refractivity contribution < 1.29 is 14.8 Å². The van der Waals surface area contributed by atoms with Gasteiger partial charge in [0.2, 0.25) is 0 Å². The van der Waals surface area contributed by atoms with Crippen LogP contribution in [0.2, 0.25) is 0 Å². The Kier molecular flexibility index (Phi) is 4.84. The molecule has 0 aliphatic rings. The van der Waals surface area contributed by atoms with E-state index in [9.17, 15) is 0 Å². The van der Waals surface area contributed by atoms with Crippen LogP contribution in [0, 0.1) is 12.8 Å². The first kappa shape index (κ1) is 13.1. The van der Waals surface area contributed by atoms with Crippen LogP contribution in [0.1, 0.15) is 25.8 Å².